The van der Waals surface area contributed by atoms with E-state index in [2.05, 4.69) is 10.6 Å². The summed E-state index contributed by atoms with van der Waals surface area (Å²) in [5.41, 5.74) is 3.30. The minimum Gasteiger partial charge on any atom is -0.350 e. The number of amides is 2. The van der Waals surface area contributed by atoms with Gasteiger partial charge in [0, 0.05) is 47.2 Å². The van der Waals surface area contributed by atoms with E-state index >= 15 is 0 Å². The Morgan fingerprint density at radius 2 is 1.92 bits per heavy atom. The van der Waals surface area contributed by atoms with Gasteiger partial charge in [0.1, 0.15) is 0 Å². The van der Waals surface area contributed by atoms with Crippen molar-refractivity contribution in [1.82, 2.24) is 4.57 Å². The van der Waals surface area contributed by atoms with Crippen molar-refractivity contribution in [3.8, 4) is 0 Å². The number of urea groups is 1. The third kappa shape index (κ3) is 3.65. The highest BCUT2D eigenvalue weighted by atomic mass is 32.2. The number of nitrogens with one attached hydrogen (secondary N) is 2. The van der Waals surface area contributed by atoms with Gasteiger partial charge in [-0.25, -0.2) is 4.79 Å². The van der Waals surface area contributed by atoms with Gasteiger partial charge in [0.15, 0.2) is 0 Å². The van der Waals surface area contributed by atoms with E-state index in [9.17, 15) is 9.00 Å². The molecule has 2 N–H and O–H groups in total. The molecule has 1 aromatic heterocycles. The van der Waals surface area contributed by atoms with Gasteiger partial charge in [-0.2, -0.15) is 0 Å². The summed E-state index contributed by atoms with van der Waals surface area (Å²) < 4.78 is 13.5. The molecule has 1 atom stereocenters. The molecule has 0 bridgehead atoms. The van der Waals surface area contributed by atoms with Crippen molar-refractivity contribution in [2.45, 2.75) is 5.75 Å². The topological polar surface area (TPSA) is 63.1 Å². The van der Waals surface area contributed by atoms with Gasteiger partial charge in [-0.1, -0.05) is 24.3 Å². The summed E-state index contributed by atoms with van der Waals surface area (Å²) in [4.78, 5) is 12.3. The zero-order chi connectivity index (χ0) is 17.1. The lowest BCUT2D eigenvalue weighted by molar-refractivity contribution is 0.262. The summed E-state index contributed by atoms with van der Waals surface area (Å²) >= 11 is 0. The Morgan fingerprint density at radius 3 is 2.71 bits per heavy atom. The van der Waals surface area contributed by atoms with E-state index in [0.717, 1.165) is 22.2 Å². The molecule has 0 fully saturated rings. The number of carbonyl (C=O) groups excluding carboxylic acids is 1. The number of fused-ring (bicyclic) bond motifs is 1. The second kappa shape index (κ2) is 6.88. The summed E-state index contributed by atoms with van der Waals surface area (Å²) in [6.07, 6.45) is 3.63. The van der Waals surface area contributed by atoms with Crippen molar-refractivity contribution < 1.29 is 9.00 Å². The number of aromatic nitrogens is 1. The number of carbonyl (C=O) groups is 1. The summed E-state index contributed by atoms with van der Waals surface area (Å²) in [6, 6.07) is 14.9. The molecule has 2 amide bonds. The monoisotopic (exact) mass is 341 g/mol. The second-order valence-electron chi connectivity index (χ2n) is 5.65. The van der Waals surface area contributed by atoms with Gasteiger partial charge in [-0.3, -0.25) is 4.21 Å². The van der Waals surface area contributed by atoms with Crippen molar-refractivity contribution in [3.63, 3.8) is 0 Å². The van der Waals surface area contributed by atoms with E-state index < -0.39 is 10.8 Å². The number of nitrogens with zero attached hydrogens (tertiary/aromatic N) is 1. The molecule has 0 aliphatic carbocycles. The van der Waals surface area contributed by atoms with Gasteiger partial charge in [-0.15, -0.1) is 0 Å². The molecule has 0 aliphatic heterocycles. The predicted molar refractivity (Wildman–Crippen MR) is 99.8 cm³/mol. The summed E-state index contributed by atoms with van der Waals surface area (Å²) in [5.74, 6) is 0.408. The molecule has 2 aromatic carbocycles. The zero-order valence-electron chi connectivity index (χ0n) is 13.6. The number of anilines is 2. The summed E-state index contributed by atoms with van der Waals surface area (Å²) in [6.45, 7) is 0. The molecule has 1 heterocycles. The maximum Gasteiger partial charge on any atom is 0.323 e. The van der Waals surface area contributed by atoms with Crippen LogP contribution >= 0.6 is 0 Å². The summed E-state index contributed by atoms with van der Waals surface area (Å²) in [5, 5.41) is 6.79. The van der Waals surface area contributed by atoms with E-state index in [-0.39, 0.29) is 6.03 Å². The number of para-hydroxylation sites is 1. The molecular formula is C18H19N3O2S. The molecule has 0 saturated carbocycles. The maximum absolute atomic E-state index is 12.3. The molecule has 0 aliphatic rings. The smallest absolute Gasteiger partial charge is 0.323 e. The standard InChI is InChI=1S/C18H19N3O2S/c1-21-10-9-13-7-8-15(11-17(13)21)19-18(22)20-16-6-4-3-5-14(16)12-24(2)23/h3-11H,12H2,1-2H3,(H2,19,20,22). The van der Waals surface area contributed by atoms with Crippen LogP contribution in [0.25, 0.3) is 10.9 Å². The molecule has 0 saturated heterocycles. The van der Waals surface area contributed by atoms with Crippen LogP contribution in [0.3, 0.4) is 0 Å². The van der Waals surface area contributed by atoms with E-state index in [4.69, 9.17) is 0 Å². The quantitative estimate of drug-likeness (QED) is 0.760. The molecule has 6 heteroatoms. The zero-order valence-corrected chi connectivity index (χ0v) is 14.4. The molecule has 3 aromatic rings. The Labute approximate surface area is 143 Å². The van der Waals surface area contributed by atoms with Crippen LogP contribution in [0.2, 0.25) is 0 Å². The highest BCUT2D eigenvalue weighted by molar-refractivity contribution is 7.83. The van der Waals surface area contributed by atoms with Crippen LogP contribution in [0.15, 0.2) is 54.7 Å². The maximum atomic E-state index is 12.3. The molecule has 0 spiro atoms. The molecule has 24 heavy (non-hydrogen) atoms. The molecule has 3 rings (SSSR count). The van der Waals surface area contributed by atoms with Gasteiger partial charge >= 0.3 is 6.03 Å². The Hall–Kier alpha value is -2.60. The molecule has 1 unspecified atom stereocenters. The Kier molecular flexibility index (Phi) is 4.66. The normalized spacial score (nSPS) is 12.1. The number of hydrogen-bond acceptors (Lipinski definition) is 2. The van der Waals surface area contributed by atoms with Crippen LogP contribution in [0.5, 0.6) is 0 Å². The van der Waals surface area contributed by atoms with E-state index in [1.54, 1.807) is 6.26 Å². The van der Waals surface area contributed by atoms with Crippen molar-refractivity contribution in [2.24, 2.45) is 7.05 Å². The predicted octanol–water partition coefficient (Wildman–Crippen LogP) is 3.70. The van der Waals surface area contributed by atoms with E-state index in [1.165, 1.54) is 0 Å². The lowest BCUT2D eigenvalue weighted by atomic mass is 10.2. The fraction of sp³-hybridized carbons (Fsp3) is 0.167. The number of aryl methyl sites for hydroxylation is 1. The molecule has 0 radical (unpaired) electrons. The lowest BCUT2D eigenvalue weighted by Gasteiger charge is -2.11. The number of hydrogen-bond donors (Lipinski definition) is 2. The minimum atomic E-state index is -0.968. The van der Waals surface area contributed by atoms with Crippen LogP contribution < -0.4 is 10.6 Å². The van der Waals surface area contributed by atoms with Gasteiger partial charge < -0.3 is 15.2 Å². The SMILES string of the molecule is Cn1ccc2ccc(NC(=O)Nc3ccccc3CS(C)=O)cc21. The first kappa shape index (κ1) is 16.3. The second-order valence-corrected chi connectivity index (χ2v) is 7.09. The van der Waals surface area contributed by atoms with Crippen molar-refractivity contribution in [3.05, 3.63) is 60.3 Å². The van der Waals surface area contributed by atoms with Gasteiger partial charge in [-0.05, 0) is 35.2 Å². The van der Waals surface area contributed by atoms with Crippen LogP contribution in [-0.4, -0.2) is 21.1 Å². The average molecular weight is 341 g/mol. The first-order valence-corrected chi connectivity index (χ1v) is 9.26. The fourth-order valence-electron chi connectivity index (χ4n) is 2.61. The van der Waals surface area contributed by atoms with Crippen LogP contribution in [0.4, 0.5) is 16.2 Å². The highest BCUT2D eigenvalue weighted by Crippen LogP contribution is 2.21. The lowest BCUT2D eigenvalue weighted by Crippen LogP contribution is -2.20. The van der Waals surface area contributed by atoms with Crippen molar-refractivity contribution in [1.29, 1.82) is 0 Å². The minimum absolute atomic E-state index is 0.321. The summed E-state index contributed by atoms with van der Waals surface area (Å²) in [7, 11) is 0.998. The Balaban J connectivity index is 1.75. The van der Waals surface area contributed by atoms with E-state index in [0.29, 0.717) is 11.4 Å². The first-order valence-electron chi connectivity index (χ1n) is 7.54. The third-order valence-electron chi connectivity index (χ3n) is 3.77. The first-order chi connectivity index (χ1) is 11.5. The Morgan fingerprint density at radius 1 is 1.12 bits per heavy atom. The van der Waals surface area contributed by atoms with Crippen LogP contribution in [0.1, 0.15) is 5.56 Å². The van der Waals surface area contributed by atoms with Crippen LogP contribution in [-0.2, 0) is 23.6 Å². The highest BCUT2D eigenvalue weighted by Gasteiger charge is 2.08. The van der Waals surface area contributed by atoms with E-state index in [1.807, 2.05) is 66.3 Å². The van der Waals surface area contributed by atoms with Crippen LogP contribution in [0, 0.1) is 0 Å². The molecular weight excluding hydrogens is 322 g/mol. The molecule has 5 nitrogen and oxygen atoms in total. The average Bonchev–Trinajstić information content (AvgIpc) is 2.90. The third-order valence-corrected chi connectivity index (χ3v) is 4.49. The number of benzene rings is 2. The van der Waals surface area contributed by atoms with Crippen molar-refractivity contribution in [2.75, 3.05) is 16.9 Å². The largest absolute Gasteiger partial charge is 0.350 e. The van der Waals surface area contributed by atoms with Gasteiger partial charge in [0.25, 0.3) is 0 Å². The molecule has 124 valence electrons. The van der Waals surface area contributed by atoms with Gasteiger partial charge in [0.2, 0.25) is 0 Å². The fourth-order valence-corrected chi connectivity index (χ4v) is 3.30. The number of rotatable bonds is 4. The van der Waals surface area contributed by atoms with Gasteiger partial charge in [0.05, 0.1) is 5.75 Å². The Bertz CT molecular complexity index is 918. The van der Waals surface area contributed by atoms with Crippen molar-refractivity contribution >= 4 is 39.1 Å².